The van der Waals surface area contributed by atoms with E-state index in [1.54, 1.807) is 48.5 Å². The van der Waals surface area contributed by atoms with Crippen LogP contribution in [-0.2, 0) is 30.3 Å². The molecule has 2 aromatic rings. The molecule has 9 nitrogen and oxygen atoms in total. The van der Waals surface area contributed by atoms with Gasteiger partial charge in [-0.05, 0) is 12.1 Å². The van der Waals surface area contributed by atoms with Crippen LogP contribution in [0.2, 0.25) is 0 Å². The average molecular weight is 426 g/mol. The van der Waals surface area contributed by atoms with Gasteiger partial charge in [0.05, 0.1) is 23.3 Å². The van der Waals surface area contributed by atoms with Crippen molar-refractivity contribution in [2.75, 3.05) is 10.6 Å². The predicted molar refractivity (Wildman–Crippen MR) is 111 cm³/mol. The summed E-state index contributed by atoms with van der Waals surface area (Å²) in [5.41, 5.74) is -4.15. The summed E-state index contributed by atoms with van der Waals surface area (Å²) in [6.07, 6.45) is -1.48. The quantitative estimate of drug-likeness (QED) is 0.565. The minimum absolute atomic E-state index is 0.179. The van der Waals surface area contributed by atoms with Gasteiger partial charge in [-0.3, -0.25) is 9.59 Å². The van der Waals surface area contributed by atoms with Crippen molar-refractivity contribution in [2.24, 2.45) is 0 Å². The zero-order chi connectivity index (χ0) is 23.1. The monoisotopic (exact) mass is 426 g/mol. The fraction of sp³-hybridized carbons (Fsp3) is 0.0870. The molecule has 2 aromatic carbocycles. The number of carbonyl (C=O) groups excluding carboxylic acids is 3. The number of nitrogens with one attached hydrogen (secondary N) is 2. The SMILES string of the molecule is C=C(C#N)C1(OC(=O)OC2(C(=C)C#N)C(=O)Nc3ccccc32)C(=O)Nc2ccccc21. The van der Waals surface area contributed by atoms with Gasteiger partial charge in [0.15, 0.2) is 0 Å². The van der Waals surface area contributed by atoms with Crippen LogP contribution < -0.4 is 10.6 Å². The van der Waals surface area contributed by atoms with Crippen LogP contribution in [0, 0.1) is 22.7 Å². The summed E-state index contributed by atoms with van der Waals surface area (Å²) in [4.78, 5) is 38.7. The number of nitriles is 2. The van der Waals surface area contributed by atoms with Crippen LogP contribution in [0.1, 0.15) is 11.1 Å². The second-order valence-electron chi connectivity index (χ2n) is 7.00. The van der Waals surface area contributed by atoms with Gasteiger partial charge in [0.25, 0.3) is 23.0 Å². The molecule has 0 fully saturated rings. The van der Waals surface area contributed by atoms with E-state index in [2.05, 4.69) is 23.8 Å². The summed E-state index contributed by atoms with van der Waals surface area (Å²) in [5, 5.41) is 24.0. The molecule has 32 heavy (non-hydrogen) atoms. The maximum absolute atomic E-state index is 13.0. The number of rotatable bonds is 4. The van der Waals surface area contributed by atoms with Gasteiger partial charge in [-0.2, -0.15) is 10.5 Å². The van der Waals surface area contributed by atoms with Crippen molar-refractivity contribution < 1.29 is 23.9 Å². The van der Waals surface area contributed by atoms with Crippen molar-refractivity contribution in [3.8, 4) is 12.1 Å². The standard InChI is InChI=1S/C23H14N4O5/c1-13(11-24)22(15-7-3-5-9-17(15)26-19(22)28)31-21(30)32-23(14(2)12-25)16-8-4-6-10-18(16)27-20(23)29/h3-10H,1-2H2,(H,26,28)(H,27,29). The molecular formula is C23H14N4O5. The molecule has 2 N–H and O–H groups in total. The smallest absolute Gasteiger partial charge is 0.407 e. The van der Waals surface area contributed by atoms with Gasteiger partial charge < -0.3 is 20.1 Å². The molecular weight excluding hydrogens is 412 g/mol. The van der Waals surface area contributed by atoms with Crippen molar-refractivity contribution >= 4 is 29.3 Å². The van der Waals surface area contributed by atoms with Crippen molar-refractivity contribution in [2.45, 2.75) is 11.2 Å². The number of hydrogen-bond donors (Lipinski definition) is 2. The van der Waals surface area contributed by atoms with Crippen molar-refractivity contribution in [1.29, 1.82) is 10.5 Å². The topological polar surface area (TPSA) is 141 Å². The molecule has 0 aromatic heterocycles. The van der Waals surface area contributed by atoms with Crippen LogP contribution in [0.5, 0.6) is 0 Å². The van der Waals surface area contributed by atoms with E-state index in [0.717, 1.165) is 0 Å². The van der Waals surface area contributed by atoms with E-state index < -0.39 is 29.2 Å². The van der Waals surface area contributed by atoms with Crippen molar-refractivity contribution in [3.63, 3.8) is 0 Å². The second-order valence-corrected chi connectivity index (χ2v) is 7.00. The van der Waals surface area contributed by atoms with Crippen LogP contribution in [0.3, 0.4) is 0 Å². The maximum Gasteiger partial charge on any atom is 0.511 e. The first-order valence-corrected chi connectivity index (χ1v) is 9.24. The van der Waals surface area contributed by atoms with E-state index in [4.69, 9.17) is 9.47 Å². The van der Waals surface area contributed by atoms with Crippen LogP contribution in [0.15, 0.2) is 72.8 Å². The van der Waals surface area contributed by atoms with E-state index in [9.17, 15) is 24.9 Å². The third kappa shape index (κ3) is 2.59. The van der Waals surface area contributed by atoms with Gasteiger partial charge >= 0.3 is 6.16 Å². The molecule has 0 radical (unpaired) electrons. The number of benzene rings is 2. The number of hydrogen-bond acceptors (Lipinski definition) is 7. The summed E-state index contributed by atoms with van der Waals surface area (Å²) < 4.78 is 10.8. The number of ether oxygens (including phenoxy) is 2. The minimum atomic E-state index is -2.20. The van der Waals surface area contributed by atoms with Gasteiger partial charge in [-0.1, -0.05) is 49.6 Å². The summed E-state index contributed by atoms with van der Waals surface area (Å²) >= 11 is 0. The fourth-order valence-electron chi connectivity index (χ4n) is 3.82. The normalized spacial score (nSPS) is 22.3. The lowest BCUT2D eigenvalue weighted by atomic mass is 9.88. The molecule has 0 spiro atoms. The molecule has 2 aliphatic heterocycles. The van der Waals surface area contributed by atoms with Gasteiger partial charge in [0.1, 0.15) is 0 Å². The highest BCUT2D eigenvalue weighted by Crippen LogP contribution is 2.46. The van der Waals surface area contributed by atoms with Gasteiger partial charge in [-0.15, -0.1) is 0 Å². The Kier molecular flexibility index (Phi) is 4.53. The summed E-state index contributed by atoms with van der Waals surface area (Å²) in [6, 6.07) is 16.1. The third-order valence-electron chi connectivity index (χ3n) is 5.34. The number of anilines is 2. The number of fused-ring (bicyclic) bond motifs is 2. The molecule has 0 saturated carbocycles. The van der Waals surface area contributed by atoms with E-state index in [1.165, 1.54) is 12.1 Å². The molecule has 9 heteroatoms. The van der Waals surface area contributed by atoms with Gasteiger partial charge in [-0.25, -0.2) is 4.79 Å². The van der Waals surface area contributed by atoms with Crippen LogP contribution in [0.25, 0.3) is 0 Å². The summed E-state index contributed by atoms with van der Waals surface area (Å²) in [5.74, 6) is -1.65. The van der Waals surface area contributed by atoms with E-state index in [1.807, 2.05) is 0 Å². The number of para-hydroxylation sites is 2. The first kappa shape index (κ1) is 20.4. The summed E-state index contributed by atoms with van der Waals surface area (Å²) in [6.45, 7) is 7.15. The predicted octanol–water partition coefficient (Wildman–Crippen LogP) is 2.99. The van der Waals surface area contributed by atoms with Crippen LogP contribution in [-0.4, -0.2) is 18.0 Å². The highest BCUT2D eigenvalue weighted by atomic mass is 16.7. The molecule has 2 atom stereocenters. The molecule has 0 saturated heterocycles. The lowest BCUT2D eigenvalue weighted by molar-refractivity contribution is -0.140. The molecule has 0 aliphatic carbocycles. The molecule has 0 bridgehead atoms. The first-order valence-electron chi connectivity index (χ1n) is 9.24. The van der Waals surface area contributed by atoms with Crippen molar-refractivity contribution in [1.82, 2.24) is 0 Å². The molecule has 2 unspecified atom stereocenters. The Bertz CT molecular complexity index is 1220. The average Bonchev–Trinajstić information content (AvgIpc) is 3.24. The Morgan fingerprint density at radius 2 is 1.16 bits per heavy atom. The van der Waals surface area contributed by atoms with Crippen LogP contribution in [0.4, 0.5) is 16.2 Å². The Labute approximate surface area is 182 Å². The lowest BCUT2D eigenvalue weighted by Gasteiger charge is -2.30. The summed E-state index contributed by atoms with van der Waals surface area (Å²) in [7, 11) is 0. The van der Waals surface area contributed by atoms with Gasteiger partial charge in [0, 0.05) is 22.5 Å². The van der Waals surface area contributed by atoms with E-state index in [-0.39, 0.29) is 22.3 Å². The van der Waals surface area contributed by atoms with E-state index >= 15 is 0 Å². The molecule has 2 amide bonds. The Morgan fingerprint density at radius 1 is 0.781 bits per heavy atom. The molecule has 2 aliphatic rings. The maximum atomic E-state index is 13.0. The third-order valence-corrected chi connectivity index (χ3v) is 5.34. The van der Waals surface area contributed by atoms with Gasteiger partial charge in [0.2, 0.25) is 0 Å². The highest BCUT2D eigenvalue weighted by Gasteiger charge is 2.57. The first-order chi connectivity index (χ1) is 15.3. The fourth-order valence-corrected chi connectivity index (χ4v) is 3.82. The van der Waals surface area contributed by atoms with Crippen molar-refractivity contribution in [3.05, 3.63) is 84.0 Å². The minimum Gasteiger partial charge on any atom is -0.407 e. The van der Waals surface area contributed by atoms with E-state index in [0.29, 0.717) is 11.4 Å². The lowest BCUT2D eigenvalue weighted by Crippen LogP contribution is -2.45. The highest BCUT2D eigenvalue weighted by molar-refractivity contribution is 6.10. The molecule has 2 heterocycles. The molecule has 156 valence electrons. The zero-order valence-corrected chi connectivity index (χ0v) is 16.5. The molecule has 4 rings (SSSR count). The Morgan fingerprint density at radius 3 is 1.53 bits per heavy atom. The van der Waals surface area contributed by atoms with Crippen LogP contribution >= 0.6 is 0 Å². The zero-order valence-electron chi connectivity index (χ0n) is 16.5. The number of amides is 2. The largest absolute Gasteiger partial charge is 0.511 e. The number of carbonyl (C=O) groups is 3. The Hall–Kier alpha value is -4.89. The number of nitrogens with zero attached hydrogens (tertiary/aromatic N) is 2. The Balaban J connectivity index is 1.78. The second kappa shape index (κ2) is 7.11.